The molecule has 1 heterocycles. The van der Waals surface area contributed by atoms with E-state index >= 15 is 0 Å². The van der Waals surface area contributed by atoms with Gasteiger partial charge in [-0.1, -0.05) is 6.07 Å². The molecule has 0 saturated heterocycles. The van der Waals surface area contributed by atoms with Gasteiger partial charge in [0.2, 0.25) is 12.7 Å². The fraction of sp³-hybridized carbons (Fsp3) is 0.263. The van der Waals surface area contributed by atoms with E-state index in [4.69, 9.17) is 9.47 Å². The topological polar surface area (TPSA) is 79.9 Å². The molecule has 7 nitrogen and oxygen atoms in total. The van der Waals surface area contributed by atoms with Crippen LogP contribution in [-0.4, -0.2) is 37.2 Å². The first-order valence-corrected chi connectivity index (χ1v) is 8.49. The second-order valence-electron chi connectivity index (χ2n) is 6.33. The fourth-order valence-corrected chi connectivity index (χ4v) is 2.69. The summed E-state index contributed by atoms with van der Waals surface area (Å²) in [6, 6.07) is 7.36. The van der Waals surface area contributed by atoms with Crippen molar-refractivity contribution in [3.8, 4) is 11.5 Å². The lowest BCUT2D eigenvalue weighted by Gasteiger charge is -2.24. The number of anilines is 1. The highest BCUT2D eigenvalue weighted by Crippen LogP contribution is 2.34. The van der Waals surface area contributed by atoms with E-state index in [1.165, 1.54) is 6.07 Å². The molecule has 3 amide bonds. The first kappa shape index (κ1) is 19.6. The van der Waals surface area contributed by atoms with Gasteiger partial charge in [-0.3, -0.25) is 15.0 Å². The molecule has 0 unspecified atom stereocenters. The van der Waals surface area contributed by atoms with Gasteiger partial charge < -0.3 is 14.8 Å². The van der Waals surface area contributed by atoms with Gasteiger partial charge in [0.05, 0.1) is 6.54 Å². The average Bonchev–Trinajstić information content (AvgIpc) is 3.10. The second kappa shape index (κ2) is 8.22. The van der Waals surface area contributed by atoms with Gasteiger partial charge in [0.25, 0.3) is 0 Å². The van der Waals surface area contributed by atoms with Crippen LogP contribution in [0.1, 0.15) is 18.5 Å². The Labute approximate surface area is 160 Å². The minimum Gasteiger partial charge on any atom is -0.454 e. The maximum atomic E-state index is 13.4. The molecule has 0 saturated carbocycles. The lowest BCUT2D eigenvalue weighted by molar-refractivity contribution is -0.121. The summed E-state index contributed by atoms with van der Waals surface area (Å²) in [7, 11) is 1.64. The van der Waals surface area contributed by atoms with Gasteiger partial charge in [-0.05, 0) is 43.8 Å². The Balaban J connectivity index is 1.52. The van der Waals surface area contributed by atoms with Gasteiger partial charge in [0.1, 0.15) is 0 Å². The van der Waals surface area contributed by atoms with Crippen molar-refractivity contribution in [2.75, 3.05) is 25.7 Å². The number of hydrogen-bond donors (Lipinski definition) is 2. The third-order valence-corrected chi connectivity index (χ3v) is 4.36. The van der Waals surface area contributed by atoms with Gasteiger partial charge in [-0.2, -0.15) is 0 Å². The summed E-state index contributed by atoms with van der Waals surface area (Å²) in [5, 5.41) is 4.75. The second-order valence-corrected chi connectivity index (χ2v) is 6.33. The summed E-state index contributed by atoms with van der Waals surface area (Å²) in [4.78, 5) is 25.7. The molecule has 1 aliphatic rings. The Bertz CT molecular complexity index is 907. The summed E-state index contributed by atoms with van der Waals surface area (Å²) in [6.45, 7) is 1.74. The number of fused-ring (bicyclic) bond motifs is 1. The molecule has 9 heteroatoms. The van der Waals surface area contributed by atoms with Crippen molar-refractivity contribution in [2.45, 2.75) is 13.0 Å². The number of hydrogen-bond acceptors (Lipinski definition) is 5. The third kappa shape index (κ3) is 4.55. The van der Waals surface area contributed by atoms with Crippen molar-refractivity contribution >= 4 is 17.6 Å². The minimum atomic E-state index is -0.953. The van der Waals surface area contributed by atoms with E-state index in [1.807, 2.05) is 0 Å². The summed E-state index contributed by atoms with van der Waals surface area (Å²) < 4.78 is 36.8. The SMILES string of the molecule is C[C@@H](c1ccc(F)c(F)c1)N(C)CC(=O)NC(=O)Nc1ccc2c(c1)OCO2. The number of urea groups is 1. The minimum absolute atomic E-state index is 0.116. The normalized spacial score (nSPS) is 13.3. The molecule has 2 aromatic rings. The molecule has 0 aromatic heterocycles. The van der Waals surface area contributed by atoms with Gasteiger partial charge >= 0.3 is 6.03 Å². The van der Waals surface area contributed by atoms with Crippen molar-refractivity contribution in [1.29, 1.82) is 0 Å². The molecule has 0 radical (unpaired) electrons. The van der Waals surface area contributed by atoms with Crippen LogP contribution in [0.5, 0.6) is 11.5 Å². The maximum absolute atomic E-state index is 13.4. The van der Waals surface area contributed by atoms with Crippen LogP contribution in [0.25, 0.3) is 0 Å². The molecule has 2 aromatic carbocycles. The number of nitrogens with zero attached hydrogens (tertiary/aromatic N) is 1. The highest BCUT2D eigenvalue weighted by molar-refractivity contribution is 6.01. The lowest BCUT2D eigenvalue weighted by Crippen LogP contribution is -2.41. The van der Waals surface area contributed by atoms with Crippen molar-refractivity contribution in [3.63, 3.8) is 0 Å². The summed E-state index contributed by atoms with van der Waals surface area (Å²) in [6.07, 6.45) is 0. The van der Waals surface area contributed by atoms with Crippen molar-refractivity contribution < 1.29 is 27.8 Å². The molecule has 1 atom stereocenters. The summed E-state index contributed by atoms with van der Waals surface area (Å²) >= 11 is 0. The van der Waals surface area contributed by atoms with Crippen LogP contribution >= 0.6 is 0 Å². The van der Waals surface area contributed by atoms with Crippen LogP contribution < -0.4 is 20.1 Å². The quantitative estimate of drug-likeness (QED) is 0.819. The van der Waals surface area contributed by atoms with Crippen molar-refractivity contribution in [2.24, 2.45) is 0 Å². The van der Waals surface area contributed by atoms with Gasteiger partial charge in [-0.15, -0.1) is 0 Å². The van der Waals surface area contributed by atoms with Crippen LogP contribution in [0.4, 0.5) is 19.3 Å². The summed E-state index contributed by atoms with van der Waals surface area (Å²) in [5.74, 6) is -1.35. The number of amides is 3. The third-order valence-electron chi connectivity index (χ3n) is 4.36. The molecule has 148 valence electrons. The largest absolute Gasteiger partial charge is 0.454 e. The Morgan fingerprint density at radius 3 is 2.61 bits per heavy atom. The smallest absolute Gasteiger partial charge is 0.325 e. The number of nitrogens with one attached hydrogen (secondary N) is 2. The zero-order valence-electron chi connectivity index (χ0n) is 15.3. The molecule has 0 aliphatic carbocycles. The Hall–Kier alpha value is -3.20. The number of carbonyl (C=O) groups is 2. The van der Waals surface area contributed by atoms with E-state index in [0.29, 0.717) is 22.7 Å². The molecule has 0 spiro atoms. The molecular formula is C19H19F2N3O4. The number of carbonyl (C=O) groups excluding carboxylic acids is 2. The van der Waals surface area contributed by atoms with Crippen LogP contribution in [0, 0.1) is 11.6 Å². The number of likely N-dealkylation sites (N-methyl/N-ethyl adjacent to an activating group) is 1. The molecule has 2 N–H and O–H groups in total. The number of rotatable bonds is 5. The number of halogens is 2. The van der Waals surface area contributed by atoms with Crippen molar-refractivity contribution in [3.05, 3.63) is 53.6 Å². The van der Waals surface area contributed by atoms with Crippen LogP contribution in [-0.2, 0) is 4.79 Å². The molecule has 1 aliphatic heterocycles. The van der Waals surface area contributed by atoms with Gasteiger partial charge in [0, 0.05) is 17.8 Å². The average molecular weight is 391 g/mol. The molecule has 28 heavy (non-hydrogen) atoms. The first-order chi connectivity index (χ1) is 13.3. The fourth-order valence-electron chi connectivity index (χ4n) is 2.69. The molecule has 0 fully saturated rings. The van der Waals surface area contributed by atoms with Gasteiger partial charge in [-0.25, -0.2) is 13.6 Å². The van der Waals surface area contributed by atoms with Crippen molar-refractivity contribution in [1.82, 2.24) is 10.2 Å². The number of ether oxygens (including phenoxy) is 2. The predicted octanol–water partition coefficient (Wildman–Crippen LogP) is 3.03. The lowest BCUT2D eigenvalue weighted by atomic mass is 10.1. The molecular weight excluding hydrogens is 372 g/mol. The summed E-state index contributed by atoms with van der Waals surface area (Å²) in [5.41, 5.74) is 0.956. The number of imide groups is 1. The van der Waals surface area contributed by atoms with Crippen LogP contribution in [0.3, 0.4) is 0 Å². The van der Waals surface area contributed by atoms with E-state index < -0.39 is 23.6 Å². The van der Waals surface area contributed by atoms with Crippen LogP contribution in [0.2, 0.25) is 0 Å². The van der Waals surface area contributed by atoms with Crippen LogP contribution in [0.15, 0.2) is 36.4 Å². The highest BCUT2D eigenvalue weighted by atomic mass is 19.2. The van der Waals surface area contributed by atoms with E-state index in [0.717, 1.165) is 12.1 Å². The number of benzene rings is 2. The predicted molar refractivity (Wildman–Crippen MR) is 97.1 cm³/mol. The zero-order valence-corrected chi connectivity index (χ0v) is 15.3. The van der Waals surface area contributed by atoms with E-state index in [-0.39, 0.29) is 19.4 Å². The Morgan fingerprint density at radius 2 is 1.86 bits per heavy atom. The molecule has 3 rings (SSSR count). The zero-order chi connectivity index (χ0) is 20.3. The maximum Gasteiger partial charge on any atom is 0.325 e. The van der Waals surface area contributed by atoms with E-state index in [2.05, 4.69) is 10.6 Å². The Kier molecular flexibility index (Phi) is 5.74. The van der Waals surface area contributed by atoms with E-state index in [9.17, 15) is 18.4 Å². The highest BCUT2D eigenvalue weighted by Gasteiger charge is 2.19. The van der Waals surface area contributed by atoms with Gasteiger partial charge in [0.15, 0.2) is 23.1 Å². The standard InChI is InChI=1S/C19H19F2N3O4/c1-11(12-3-5-14(20)15(21)7-12)24(2)9-18(25)23-19(26)22-13-4-6-16-17(8-13)28-10-27-16/h3-8,11H,9-10H2,1-2H3,(H2,22,23,25,26)/t11-/m0/s1. The first-order valence-electron chi connectivity index (χ1n) is 8.49. The molecule has 0 bridgehead atoms. The van der Waals surface area contributed by atoms with E-state index in [1.54, 1.807) is 37.1 Å². The Morgan fingerprint density at radius 1 is 1.11 bits per heavy atom. The monoisotopic (exact) mass is 391 g/mol.